The zero-order valence-electron chi connectivity index (χ0n) is 74.8. The Morgan fingerprint density at radius 2 is 0.669 bits per heavy atom. The predicted molar refractivity (Wildman–Crippen MR) is 507 cm³/mol. The van der Waals surface area contributed by atoms with Crippen molar-refractivity contribution in [2.45, 2.75) is 105 Å². The summed E-state index contributed by atoms with van der Waals surface area (Å²) in [6.07, 6.45) is 4.75. The molecule has 0 fully saturated rings. The van der Waals surface area contributed by atoms with Crippen molar-refractivity contribution in [3.8, 4) is 44.9 Å². The van der Waals surface area contributed by atoms with E-state index in [1.54, 1.807) is 78.9 Å². The molecule has 0 spiro atoms. The van der Waals surface area contributed by atoms with Crippen molar-refractivity contribution >= 4 is 120 Å². The Balaban J connectivity index is 0.000000207. The summed E-state index contributed by atoms with van der Waals surface area (Å²) in [5.41, 5.74) is 20.3. The van der Waals surface area contributed by atoms with Crippen LogP contribution in [0.15, 0.2) is 261 Å². The fourth-order valence-electron chi connectivity index (χ4n) is 17.3. The van der Waals surface area contributed by atoms with Gasteiger partial charge in [-0.15, -0.1) is 0 Å². The molecule has 10 aromatic carbocycles. The molecule has 0 N–H and O–H groups in total. The van der Waals surface area contributed by atoms with Crippen LogP contribution in [0.3, 0.4) is 0 Å². The van der Waals surface area contributed by atoms with Crippen LogP contribution in [0.5, 0.6) is 0 Å². The number of anilines is 4. The SMILES string of the molecule is CCCN(c1ccc2c(-c3ccccc3S(=O)(=O)[O-])c3ccc(=[N+](CCC)c4c(C)cccc4C)cc-3oc2c1)c1c(C)cccc1C.COS(C)(=O)=O.COS(C)(=O)=O.Cc1cccc(C)c1N(CCCN1C(=O)c2ccccc2C1=O)c1ccc2c(-c3ccccc3S(=O)(=O)[O-])c3ccc(=[N+](CCCN4C(=O)c5ccccc5C4=O)c4c(C)cccc4C)cc-3oc2c1. The molecule has 0 unspecified atom stereocenters. The van der Waals surface area contributed by atoms with E-state index in [9.17, 15) is 62.0 Å². The largest absolute Gasteiger partial charge is 0.744 e. The number of amides is 4. The number of carbonyl (C=O) groups excluding carboxylic acids is 4. The van der Waals surface area contributed by atoms with E-state index >= 15 is 0 Å². The van der Waals surface area contributed by atoms with Crippen molar-refractivity contribution in [1.82, 2.24) is 19.0 Å². The third kappa shape index (κ3) is 20.4. The van der Waals surface area contributed by atoms with Gasteiger partial charge in [-0.1, -0.05) is 147 Å². The molecule has 4 aliphatic heterocycles. The smallest absolute Gasteiger partial charge is 0.264 e. The average Bonchev–Trinajstić information content (AvgIpc) is 1.20. The molecule has 0 atom stereocenters. The molecule has 0 bridgehead atoms. The molecule has 4 heterocycles. The fourth-order valence-corrected chi connectivity index (χ4v) is 18.6. The monoisotopic (exact) mass is 1830 g/mol. The lowest BCUT2D eigenvalue weighted by Crippen LogP contribution is -2.34. The highest BCUT2D eigenvalue weighted by molar-refractivity contribution is 7.86. The Kier molecular flexibility index (Phi) is 28.8. The summed E-state index contributed by atoms with van der Waals surface area (Å²) in [4.78, 5) is 59.9. The average molecular weight is 1830 g/mol. The number of benzene rings is 12. The van der Waals surface area contributed by atoms with Crippen LogP contribution < -0.4 is 29.7 Å². The van der Waals surface area contributed by atoms with Gasteiger partial charge in [-0.05, 0) is 163 Å². The summed E-state index contributed by atoms with van der Waals surface area (Å²) >= 11 is 0. The van der Waals surface area contributed by atoms with Crippen LogP contribution in [0.2, 0.25) is 0 Å². The maximum absolute atomic E-state index is 13.4. The highest BCUT2D eigenvalue weighted by atomic mass is 32.2. The molecular formula is C102H102N6O18S4. The maximum atomic E-state index is 13.4. The van der Waals surface area contributed by atoms with Crippen molar-refractivity contribution in [3.05, 3.63) is 320 Å². The minimum Gasteiger partial charge on any atom is -0.744 e. The van der Waals surface area contributed by atoms with Gasteiger partial charge >= 0.3 is 0 Å². The van der Waals surface area contributed by atoms with Gasteiger partial charge in [0.25, 0.3) is 43.9 Å². The van der Waals surface area contributed by atoms with Crippen LogP contribution in [-0.4, -0.2) is 142 Å². The van der Waals surface area contributed by atoms with E-state index in [2.05, 4.69) is 117 Å². The van der Waals surface area contributed by atoms with Crippen molar-refractivity contribution in [3.63, 3.8) is 0 Å². The van der Waals surface area contributed by atoms with E-state index in [-0.39, 0.29) is 52.1 Å². The normalized spacial score (nSPS) is 13.2. The van der Waals surface area contributed by atoms with Gasteiger partial charge in [0, 0.05) is 152 Å². The lowest BCUT2D eigenvalue weighted by molar-refractivity contribution is 0.0637. The van der Waals surface area contributed by atoms with E-state index in [1.165, 1.54) is 50.3 Å². The van der Waals surface area contributed by atoms with Gasteiger partial charge in [-0.3, -0.25) is 37.3 Å². The van der Waals surface area contributed by atoms with Gasteiger partial charge in [0.05, 0.1) is 70.9 Å². The molecule has 0 saturated heterocycles. The quantitative estimate of drug-likeness (QED) is 0.0178. The van der Waals surface area contributed by atoms with Crippen molar-refractivity contribution < 1.29 is 79.2 Å². The number of imide groups is 2. The number of rotatable bonds is 24. The second-order valence-electron chi connectivity index (χ2n) is 32.2. The minimum absolute atomic E-state index is 0.193. The topological polar surface area (TPSA) is 315 Å². The number of fused-ring (bicyclic) bond motifs is 6. The molecule has 4 amide bonds. The molecule has 6 aliphatic rings. The van der Waals surface area contributed by atoms with Gasteiger partial charge in [0.2, 0.25) is 22.1 Å². The first kappa shape index (κ1) is 94.7. The third-order valence-electron chi connectivity index (χ3n) is 23.1. The highest BCUT2D eigenvalue weighted by Crippen LogP contribution is 2.47. The predicted octanol–water partition coefficient (Wildman–Crippen LogP) is 18.5. The van der Waals surface area contributed by atoms with Crippen LogP contribution in [-0.2, 0) is 48.8 Å². The standard InChI is InChI=1S/C57H48N4O8S.C41H42N2O4S.2C2H6O3S/c1-35-15-11-16-36(2)52(35)58(29-13-31-60-54(62)41-19-5-6-20-42(41)55(60)63)39-25-27-45-48(33-39)69-49-34-40(26-28-46(49)51(45)47-23-9-10-24-50(47)70(66,67)68)59(53-37(3)17-12-18-38(53)4)30-14-32-61-56(64)43-21-7-8-22-44(43)57(61)65;1-7-23-42(40-27(3)13-11-14-28(40)4)31-19-21-33-36(25-31)47-37-26-32(43(24-8-2)41-29(5)15-12-16-30(41)6)20-22-34(37)39(33)35-17-9-10-18-38(35)48(44,45)46;2*1-5-6(2,3)4/h5-12,15-28,33-34H,13-14,29-32H2,1-4H3;9-22,25-26H,7-8,23-24H2,1-6H3;2*1-2H3. The van der Waals surface area contributed by atoms with Crippen LogP contribution in [0, 0.1) is 55.4 Å². The van der Waals surface area contributed by atoms with E-state index in [1.807, 2.05) is 125 Å². The Morgan fingerprint density at radius 1 is 0.354 bits per heavy atom. The Morgan fingerprint density at radius 3 is 1.00 bits per heavy atom. The number of nitrogens with zero attached hydrogens (tertiary/aromatic N) is 6. The molecule has 2 aliphatic carbocycles. The van der Waals surface area contributed by atoms with Gasteiger partial charge in [-0.2, -0.15) is 26.0 Å². The second-order valence-corrected chi connectivity index (χ2v) is 38.4. The van der Waals surface area contributed by atoms with Crippen LogP contribution in [0.4, 0.5) is 34.1 Å². The zero-order valence-corrected chi connectivity index (χ0v) is 78.1. The zero-order chi connectivity index (χ0) is 93.6. The van der Waals surface area contributed by atoms with Crippen molar-refractivity contribution in [1.29, 1.82) is 0 Å². The molecule has 24 nitrogen and oxygen atoms in total. The Bertz CT molecular complexity index is 7180. The van der Waals surface area contributed by atoms with Gasteiger partial charge < -0.3 is 27.7 Å². The van der Waals surface area contributed by atoms with Gasteiger partial charge in [0.15, 0.2) is 6.54 Å². The summed E-state index contributed by atoms with van der Waals surface area (Å²) < 4.78 is 142. The minimum atomic E-state index is -4.94. The van der Waals surface area contributed by atoms with Crippen molar-refractivity contribution in [2.24, 2.45) is 0 Å². The second kappa shape index (κ2) is 39.6. The molecule has 0 radical (unpaired) electrons. The molecular weight excluding hydrogens is 1730 g/mol. The number of para-hydroxylation sites is 4. The third-order valence-corrected chi connectivity index (χ3v) is 26.1. The van der Waals surface area contributed by atoms with E-state index < -0.39 is 40.5 Å². The molecule has 672 valence electrons. The molecule has 10 aromatic rings. The summed E-state index contributed by atoms with van der Waals surface area (Å²) in [5.74, 6) is -0.255. The highest BCUT2D eigenvalue weighted by Gasteiger charge is 2.38. The molecule has 0 saturated carbocycles. The maximum Gasteiger partial charge on any atom is 0.264 e. The van der Waals surface area contributed by atoms with Gasteiger partial charge in [-0.25, -0.2) is 16.8 Å². The van der Waals surface area contributed by atoms with E-state index in [4.69, 9.17) is 8.83 Å². The number of hydrogen-bond donors (Lipinski definition) is 0. The lowest BCUT2D eigenvalue weighted by atomic mass is 9.93. The first-order valence-corrected chi connectivity index (χ1v) is 48.9. The van der Waals surface area contributed by atoms with E-state index in [0.717, 1.165) is 131 Å². The van der Waals surface area contributed by atoms with E-state index in [0.29, 0.717) is 98.5 Å². The Labute approximate surface area is 758 Å². The first-order chi connectivity index (χ1) is 61.9. The Hall–Kier alpha value is -12.9. The van der Waals surface area contributed by atoms with Crippen LogP contribution >= 0.6 is 0 Å². The summed E-state index contributed by atoms with van der Waals surface area (Å²) in [6, 6.07) is 74.6. The fraction of sp³-hybridized carbons (Fsp3) is 0.235. The lowest BCUT2D eigenvalue weighted by Gasteiger charge is -2.29. The molecule has 130 heavy (non-hydrogen) atoms. The van der Waals surface area contributed by atoms with Crippen LogP contribution in [0.1, 0.15) is 125 Å². The number of hydrogen-bond acceptors (Lipinski definition) is 20. The number of aryl methyl sites for hydroxylation is 8. The first-order valence-electron chi connectivity index (χ1n) is 42.4. The van der Waals surface area contributed by atoms with Crippen LogP contribution in [0.25, 0.3) is 66.8 Å². The van der Waals surface area contributed by atoms with Crippen molar-refractivity contribution in [2.75, 3.05) is 75.8 Å². The summed E-state index contributed by atoms with van der Waals surface area (Å²) in [6.45, 7) is 23.8. The van der Waals surface area contributed by atoms with Gasteiger partial charge in [0.1, 0.15) is 49.5 Å². The molecule has 16 rings (SSSR count). The summed E-state index contributed by atoms with van der Waals surface area (Å²) in [5, 5.41) is 3.01. The summed E-state index contributed by atoms with van der Waals surface area (Å²) in [7, 11) is -13.8. The molecule has 0 aromatic heterocycles. The molecule has 28 heteroatoms. The number of carbonyl (C=O) groups is 4.